The lowest BCUT2D eigenvalue weighted by Crippen LogP contribution is -2.38. The molecule has 0 aromatic rings. The summed E-state index contributed by atoms with van der Waals surface area (Å²) < 4.78 is 4.74. The minimum absolute atomic E-state index is 0.0867. The zero-order valence-corrected chi connectivity index (χ0v) is 9.73. The molecule has 0 radical (unpaired) electrons. The first-order chi connectivity index (χ1) is 7.07. The normalized spacial score (nSPS) is 31.7. The Morgan fingerprint density at radius 2 is 2.13 bits per heavy atom. The largest absolute Gasteiger partial charge is 0.467 e. The lowest BCUT2D eigenvalue weighted by Gasteiger charge is -2.34. The van der Waals surface area contributed by atoms with Crippen LogP contribution >= 0.6 is 0 Å². The zero-order chi connectivity index (χ0) is 11.4. The van der Waals surface area contributed by atoms with Gasteiger partial charge in [0.25, 0.3) is 6.47 Å². The van der Waals surface area contributed by atoms with Crippen LogP contribution in [0.3, 0.4) is 0 Å². The molecule has 0 amide bonds. The van der Waals surface area contributed by atoms with Gasteiger partial charge in [-0.15, -0.1) is 0 Å². The molecule has 0 aromatic carbocycles. The highest BCUT2D eigenvalue weighted by molar-refractivity contribution is 5.84. The van der Waals surface area contributed by atoms with Crippen LogP contribution in [0, 0.1) is 23.7 Å². The van der Waals surface area contributed by atoms with Crippen molar-refractivity contribution in [1.82, 2.24) is 0 Å². The van der Waals surface area contributed by atoms with Crippen molar-refractivity contribution in [2.24, 2.45) is 23.7 Å². The molecule has 1 saturated carbocycles. The Morgan fingerprint density at radius 1 is 1.47 bits per heavy atom. The Bertz CT molecular complexity index is 235. The lowest BCUT2D eigenvalue weighted by atomic mass is 9.70. The lowest BCUT2D eigenvalue weighted by molar-refractivity contribution is -0.139. The van der Waals surface area contributed by atoms with Crippen molar-refractivity contribution in [3.63, 3.8) is 0 Å². The maximum Gasteiger partial charge on any atom is 0.293 e. The molecule has 15 heavy (non-hydrogen) atoms. The quantitative estimate of drug-likeness (QED) is 0.670. The summed E-state index contributed by atoms with van der Waals surface area (Å²) >= 11 is 0. The maximum absolute atomic E-state index is 12.1. The number of carbonyl (C=O) groups is 2. The summed E-state index contributed by atoms with van der Waals surface area (Å²) in [6.45, 7) is 6.91. The summed E-state index contributed by atoms with van der Waals surface area (Å²) in [5.41, 5.74) is 0. The van der Waals surface area contributed by atoms with Crippen LogP contribution in [0.2, 0.25) is 0 Å². The Kier molecular flexibility index (Phi) is 4.30. The van der Waals surface area contributed by atoms with Gasteiger partial charge in [0.2, 0.25) is 0 Å². The average Bonchev–Trinajstić information content (AvgIpc) is 2.17. The van der Waals surface area contributed by atoms with Crippen LogP contribution in [0.5, 0.6) is 0 Å². The molecule has 3 atom stereocenters. The van der Waals surface area contributed by atoms with Crippen molar-refractivity contribution in [3.8, 4) is 0 Å². The van der Waals surface area contributed by atoms with Crippen LogP contribution in [0.15, 0.2) is 0 Å². The summed E-state index contributed by atoms with van der Waals surface area (Å²) in [6.07, 6.45) is 2.04. The fraction of sp³-hybridized carbons (Fsp3) is 0.833. The fourth-order valence-electron chi connectivity index (χ4n) is 2.39. The van der Waals surface area contributed by atoms with E-state index in [0.717, 1.165) is 12.8 Å². The molecule has 3 nitrogen and oxygen atoms in total. The van der Waals surface area contributed by atoms with Gasteiger partial charge in [-0.2, -0.15) is 0 Å². The summed E-state index contributed by atoms with van der Waals surface area (Å²) in [5, 5.41) is 0. The summed E-state index contributed by atoms with van der Waals surface area (Å²) in [4.78, 5) is 22.2. The molecule has 1 aliphatic carbocycles. The van der Waals surface area contributed by atoms with Gasteiger partial charge in [0.05, 0.1) is 5.92 Å². The highest BCUT2D eigenvalue weighted by atomic mass is 16.5. The first-order valence-corrected chi connectivity index (χ1v) is 5.67. The second-order valence-corrected chi connectivity index (χ2v) is 4.84. The van der Waals surface area contributed by atoms with Gasteiger partial charge in [-0.1, -0.05) is 20.8 Å². The van der Waals surface area contributed by atoms with Gasteiger partial charge in [-0.25, -0.2) is 0 Å². The van der Waals surface area contributed by atoms with E-state index in [-0.39, 0.29) is 24.2 Å². The second-order valence-electron chi connectivity index (χ2n) is 4.84. The van der Waals surface area contributed by atoms with Crippen molar-refractivity contribution in [2.75, 3.05) is 6.61 Å². The van der Waals surface area contributed by atoms with E-state index in [0.29, 0.717) is 18.3 Å². The topological polar surface area (TPSA) is 43.4 Å². The van der Waals surface area contributed by atoms with Crippen molar-refractivity contribution in [1.29, 1.82) is 0 Å². The van der Waals surface area contributed by atoms with E-state index in [4.69, 9.17) is 4.74 Å². The monoisotopic (exact) mass is 212 g/mol. The molecule has 0 aliphatic heterocycles. The molecule has 0 spiro atoms. The van der Waals surface area contributed by atoms with Crippen molar-refractivity contribution < 1.29 is 14.3 Å². The van der Waals surface area contributed by atoms with E-state index >= 15 is 0 Å². The number of ether oxygens (including phenoxy) is 1. The molecule has 86 valence electrons. The fourth-order valence-corrected chi connectivity index (χ4v) is 2.39. The predicted molar refractivity (Wildman–Crippen MR) is 57.2 cm³/mol. The third kappa shape index (κ3) is 2.80. The average molecular weight is 212 g/mol. The highest BCUT2D eigenvalue weighted by Crippen LogP contribution is 2.34. The van der Waals surface area contributed by atoms with E-state index in [2.05, 4.69) is 20.8 Å². The van der Waals surface area contributed by atoms with Crippen molar-refractivity contribution in [3.05, 3.63) is 0 Å². The molecule has 0 aromatic heterocycles. The van der Waals surface area contributed by atoms with Crippen molar-refractivity contribution >= 4 is 12.3 Å². The van der Waals surface area contributed by atoms with Gasteiger partial charge in [-0.3, -0.25) is 9.59 Å². The molecule has 3 heteroatoms. The highest BCUT2D eigenvalue weighted by Gasteiger charge is 2.37. The molecule has 0 heterocycles. The number of carbonyl (C=O) groups excluding carboxylic acids is 2. The number of Topliss-reactive ketones (excluding diaryl/α,β-unsaturated/α-hetero) is 1. The van der Waals surface area contributed by atoms with E-state index in [9.17, 15) is 9.59 Å². The van der Waals surface area contributed by atoms with Crippen LogP contribution in [0.1, 0.15) is 33.6 Å². The number of rotatable bonds is 4. The number of ketones is 1. The summed E-state index contributed by atoms with van der Waals surface area (Å²) in [7, 11) is 0. The Balaban J connectivity index is 2.65. The standard InChI is InChI=1S/C12H20O3/c1-8(2)10-5-4-9(3)11(12(10)14)6-15-7-13/h7-11H,4-6H2,1-3H3/t9-,10-,11-/m1/s1. The third-order valence-electron chi connectivity index (χ3n) is 3.50. The molecule has 1 rings (SSSR count). The predicted octanol–water partition coefficient (Wildman–Crippen LogP) is 2.05. The first kappa shape index (κ1) is 12.2. The summed E-state index contributed by atoms with van der Waals surface area (Å²) in [5.74, 6) is 1.08. The molecule has 1 fully saturated rings. The van der Waals surface area contributed by atoms with Crippen LogP contribution < -0.4 is 0 Å². The van der Waals surface area contributed by atoms with E-state index < -0.39 is 0 Å². The van der Waals surface area contributed by atoms with Gasteiger partial charge in [0.1, 0.15) is 12.4 Å². The summed E-state index contributed by atoms with van der Waals surface area (Å²) in [6, 6.07) is 0. The molecule has 0 unspecified atom stereocenters. The Morgan fingerprint density at radius 3 is 2.67 bits per heavy atom. The Hall–Kier alpha value is -0.860. The van der Waals surface area contributed by atoms with Gasteiger partial charge in [-0.05, 0) is 24.7 Å². The molecule has 1 aliphatic rings. The molecular weight excluding hydrogens is 192 g/mol. The smallest absolute Gasteiger partial charge is 0.293 e. The minimum Gasteiger partial charge on any atom is -0.467 e. The maximum atomic E-state index is 12.1. The van der Waals surface area contributed by atoms with Crippen LogP contribution in [0.25, 0.3) is 0 Å². The van der Waals surface area contributed by atoms with E-state index in [1.165, 1.54) is 0 Å². The number of hydrogen-bond acceptors (Lipinski definition) is 3. The molecule has 0 N–H and O–H groups in total. The van der Waals surface area contributed by atoms with Crippen LogP contribution in [0.4, 0.5) is 0 Å². The molecule has 0 bridgehead atoms. The molecular formula is C12H20O3. The SMILES string of the molecule is CC(C)[C@H]1CC[C@@H](C)[C@@H](COC=O)C1=O. The Labute approximate surface area is 91.2 Å². The van der Waals surface area contributed by atoms with Gasteiger partial charge in [0.15, 0.2) is 0 Å². The second kappa shape index (κ2) is 5.29. The van der Waals surface area contributed by atoms with E-state index in [1.54, 1.807) is 0 Å². The number of hydrogen-bond donors (Lipinski definition) is 0. The van der Waals surface area contributed by atoms with Gasteiger partial charge < -0.3 is 4.74 Å². The minimum atomic E-state index is -0.0867. The molecule has 0 saturated heterocycles. The van der Waals surface area contributed by atoms with Crippen molar-refractivity contribution in [2.45, 2.75) is 33.6 Å². The third-order valence-corrected chi connectivity index (χ3v) is 3.50. The van der Waals surface area contributed by atoms with Crippen LogP contribution in [-0.2, 0) is 14.3 Å². The van der Waals surface area contributed by atoms with Gasteiger partial charge >= 0.3 is 0 Å². The zero-order valence-electron chi connectivity index (χ0n) is 9.73. The first-order valence-electron chi connectivity index (χ1n) is 5.67. The van der Waals surface area contributed by atoms with Gasteiger partial charge in [0, 0.05) is 5.92 Å². The van der Waals surface area contributed by atoms with Crippen LogP contribution in [-0.4, -0.2) is 18.9 Å². The van der Waals surface area contributed by atoms with E-state index in [1.807, 2.05) is 0 Å².